The molecule has 1 fully saturated rings. The second-order valence-corrected chi connectivity index (χ2v) is 7.75. The van der Waals surface area contributed by atoms with Crippen LogP contribution in [0, 0.1) is 17.0 Å². The molecule has 0 spiro atoms. The number of nitro groups is 1. The number of piperidine rings is 1. The van der Waals surface area contributed by atoms with Gasteiger partial charge >= 0.3 is 0 Å². The summed E-state index contributed by atoms with van der Waals surface area (Å²) in [6.45, 7) is 5.98. The molecular weight excluding hydrogens is 396 g/mol. The van der Waals surface area contributed by atoms with E-state index in [4.69, 9.17) is 0 Å². The molecule has 2 aromatic carbocycles. The molecule has 0 aromatic heterocycles. The summed E-state index contributed by atoms with van der Waals surface area (Å²) in [5, 5.41) is 16.9. The highest BCUT2D eigenvalue weighted by Gasteiger charge is 2.20. The molecule has 1 heterocycles. The number of nitro benzene ring substituents is 1. The van der Waals surface area contributed by atoms with E-state index >= 15 is 0 Å². The lowest BCUT2D eigenvalue weighted by Crippen LogP contribution is -2.33. The van der Waals surface area contributed by atoms with E-state index < -0.39 is 10.8 Å². The van der Waals surface area contributed by atoms with Crippen LogP contribution in [-0.2, 0) is 0 Å². The van der Waals surface area contributed by atoms with Crippen LogP contribution in [0.1, 0.15) is 58.9 Å². The van der Waals surface area contributed by atoms with E-state index in [1.165, 1.54) is 12.5 Å². The number of hydrogen-bond donors (Lipinski definition) is 2. The molecule has 2 N–H and O–H groups in total. The maximum absolute atomic E-state index is 12.8. The van der Waals surface area contributed by atoms with E-state index in [1.54, 1.807) is 31.2 Å². The van der Waals surface area contributed by atoms with E-state index in [0.717, 1.165) is 38.0 Å². The summed E-state index contributed by atoms with van der Waals surface area (Å²) in [7, 11) is 0. The molecule has 164 valence electrons. The number of carbonyl (C=O) groups is 2. The fourth-order valence-corrected chi connectivity index (χ4v) is 3.69. The zero-order valence-electron chi connectivity index (χ0n) is 17.9. The molecule has 0 bridgehead atoms. The van der Waals surface area contributed by atoms with Gasteiger partial charge in [-0.05, 0) is 56.9 Å². The maximum Gasteiger partial charge on any atom is 0.273 e. The Morgan fingerprint density at radius 2 is 1.81 bits per heavy atom. The first-order chi connectivity index (χ1) is 14.9. The van der Waals surface area contributed by atoms with Gasteiger partial charge in [-0.15, -0.1) is 0 Å². The summed E-state index contributed by atoms with van der Waals surface area (Å²) < 4.78 is 0. The van der Waals surface area contributed by atoms with Crippen LogP contribution >= 0.6 is 0 Å². The third-order valence-corrected chi connectivity index (χ3v) is 5.40. The van der Waals surface area contributed by atoms with E-state index in [2.05, 4.69) is 15.5 Å². The third-order valence-electron chi connectivity index (χ3n) is 5.40. The standard InChI is InChI=1S/C23H28N4O4/c1-3-11-24-23(29)19-15-18(9-10-20(19)26-12-5-4-6-13-26)25-22(28)17-8-7-16(2)21(14-17)27(30)31/h7-10,14-15H,3-6,11-13H2,1-2H3,(H,24,29)(H,25,28). The molecule has 31 heavy (non-hydrogen) atoms. The smallest absolute Gasteiger partial charge is 0.273 e. The fraction of sp³-hybridized carbons (Fsp3) is 0.391. The molecule has 1 saturated heterocycles. The molecule has 2 aromatic rings. The van der Waals surface area contributed by atoms with Gasteiger partial charge in [-0.1, -0.05) is 13.0 Å². The lowest BCUT2D eigenvalue weighted by atomic mass is 10.1. The summed E-state index contributed by atoms with van der Waals surface area (Å²) in [4.78, 5) is 38.4. The normalized spacial score (nSPS) is 13.5. The summed E-state index contributed by atoms with van der Waals surface area (Å²) in [6.07, 6.45) is 4.18. The number of hydrogen-bond acceptors (Lipinski definition) is 5. The van der Waals surface area contributed by atoms with Crippen molar-refractivity contribution in [1.82, 2.24) is 5.32 Å². The maximum atomic E-state index is 12.8. The first-order valence-electron chi connectivity index (χ1n) is 10.6. The molecule has 0 atom stereocenters. The summed E-state index contributed by atoms with van der Waals surface area (Å²) in [5.41, 5.74) is 2.42. The number of nitrogens with one attached hydrogen (secondary N) is 2. The van der Waals surface area contributed by atoms with Crippen molar-refractivity contribution in [3.63, 3.8) is 0 Å². The lowest BCUT2D eigenvalue weighted by Gasteiger charge is -2.30. The number of amides is 2. The third kappa shape index (κ3) is 5.39. The molecule has 3 rings (SSSR count). The van der Waals surface area contributed by atoms with Gasteiger partial charge in [-0.25, -0.2) is 0 Å². The predicted octanol–water partition coefficient (Wildman–Crippen LogP) is 4.29. The van der Waals surface area contributed by atoms with Crippen molar-refractivity contribution >= 4 is 28.9 Å². The topological polar surface area (TPSA) is 105 Å². The number of rotatable bonds is 7. The number of benzene rings is 2. The lowest BCUT2D eigenvalue weighted by molar-refractivity contribution is -0.385. The van der Waals surface area contributed by atoms with Crippen LogP contribution in [0.4, 0.5) is 17.1 Å². The van der Waals surface area contributed by atoms with Crippen molar-refractivity contribution in [3.05, 3.63) is 63.2 Å². The molecule has 0 unspecified atom stereocenters. The van der Waals surface area contributed by atoms with Gasteiger partial charge in [0.15, 0.2) is 0 Å². The average Bonchev–Trinajstić information content (AvgIpc) is 2.78. The molecule has 8 nitrogen and oxygen atoms in total. The Morgan fingerprint density at radius 1 is 1.06 bits per heavy atom. The van der Waals surface area contributed by atoms with Gasteiger partial charge in [-0.2, -0.15) is 0 Å². The van der Waals surface area contributed by atoms with Gasteiger partial charge < -0.3 is 15.5 Å². The van der Waals surface area contributed by atoms with Gasteiger partial charge in [0.05, 0.1) is 10.5 Å². The largest absolute Gasteiger partial charge is 0.371 e. The minimum atomic E-state index is -0.504. The highest BCUT2D eigenvalue weighted by Crippen LogP contribution is 2.28. The van der Waals surface area contributed by atoms with E-state index in [0.29, 0.717) is 23.4 Å². The minimum absolute atomic E-state index is 0.104. The Hall–Kier alpha value is -3.42. The van der Waals surface area contributed by atoms with Gasteiger partial charge in [0.2, 0.25) is 0 Å². The van der Waals surface area contributed by atoms with Crippen molar-refractivity contribution in [2.75, 3.05) is 29.9 Å². The van der Waals surface area contributed by atoms with Crippen molar-refractivity contribution < 1.29 is 14.5 Å². The molecule has 0 radical (unpaired) electrons. The number of aryl methyl sites for hydroxylation is 1. The Balaban J connectivity index is 1.87. The Labute approximate surface area is 181 Å². The molecule has 1 aliphatic rings. The summed E-state index contributed by atoms with van der Waals surface area (Å²) in [5.74, 6) is -0.641. The number of anilines is 2. The predicted molar refractivity (Wildman–Crippen MR) is 121 cm³/mol. The van der Waals surface area contributed by atoms with Crippen LogP contribution in [0.5, 0.6) is 0 Å². The van der Waals surface area contributed by atoms with Crippen molar-refractivity contribution in [3.8, 4) is 0 Å². The highest BCUT2D eigenvalue weighted by molar-refractivity contribution is 6.06. The van der Waals surface area contributed by atoms with Gasteiger partial charge in [-0.3, -0.25) is 19.7 Å². The summed E-state index contributed by atoms with van der Waals surface area (Å²) >= 11 is 0. The van der Waals surface area contributed by atoms with E-state index in [-0.39, 0.29) is 17.2 Å². The second-order valence-electron chi connectivity index (χ2n) is 7.75. The molecular formula is C23H28N4O4. The zero-order valence-corrected chi connectivity index (χ0v) is 17.9. The average molecular weight is 425 g/mol. The van der Waals surface area contributed by atoms with Crippen LogP contribution in [0.3, 0.4) is 0 Å². The van der Waals surface area contributed by atoms with Gasteiger partial charge in [0.1, 0.15) is 0 Å². The monoisotopic (exact) mass is 424 g/mol. The van der Waals surface area contributed by atoms with Crippen molar-refractivity contribution in [2.24, 2.45) is 0 Å². The summed E-state index contributed by atoms with van der Waals surface area (Å²) in [6, 6.07) is 9.67. The van der Waals surface area contributed by atoms with Crippen molar-refractivity contribution in [2.45, 2.75) is 39.5 Å². The molecule has 8 heteroatoms. The first-order valence-corrected chi connectivity index (χ1v) is 10.6. The quantitative estimate of drug-likeness (QED) is 0.510. The molecule has 0 aliphatic carbocycles. The van der Waals surface area contributed by atoms with Crippen LogP contribution in [0.2, 0.25) is 0 Å². The van der Waals surface area contributed by atoms with E-state index in [9.17, 15) is 19.7 Å². The minimum Gasteiger partial charge on any atom is -0.371 e. The van der Waals surface area contributed by atoms with Crippen LogP contribution < -0.4 is 15.5 Å². The van der Waals surface area contributed by atoms with Gasteiger partial charge in [0, 0.05) is 48.2 Å². The van der Waals surface area contributed by atoms with Crippen LogP contribution in [-0.4, -0.2) is 36.4 Å². The first kappa shape index (κ1) is 22.3. The molecule has 2 amide bonds. The van der Waals surface area contributed by atoms with Crippen molar-refractivity contribution in [1.29, 1.82) is 0 Å². The van der Waals surface area contributed by atoms with E-state index in [1.807, 2.05) is 13.0 Å². The Kier molecular flexibility index (Phi) is 7.23. The number of nitrogens with zero attached hydrogens (tertiary/aromatic N) is 2. The van der Waals surface area contributed by atoms with Crippen LogP contribution in [0.25, 0.3) is 0 Å². The highest BCUT2D eigenvalue weighted by atomic mass is 16.6. The van der Waals surface area contributed by atoms with Crippen LogP contribution in [0.15, 0.2) is 36.4 Å². The Bertz CT molecular complexity index is 984. The SMILES string of the molecule is CCCNC(=O)c1cc(NC(=O)c2ccc(C)c([N+](=O)[O-])c2)ccc1N1CCCCC1. The molecule has 0 saturated carbocycles. The fourth-order valence-electron chi connectivity index (χ4n) is 3.69. The Morgan fingerprint density at radius 3 is 2.48 bits per heavy atom. The second kappa shape index (κ2) is 10.1. The molecule has 1 aliphatic heterocycles. The number of carbonyl (C=O) groups excluding carboxylic acids is 2. The van der Waals surface area contributed by atoms with Gasteiger partial charge in [0.25, 0.3) is 17.5 Å². The zero-order chi connectivity index (χ0) is 22.4.